The van der Waals surface area contributed by atoms with Gasteiger partial charge in [-0.05, 0) is 37.4 Å². The third-order valence-corrected chi connectivity index (χ3v) is 4.09. The fraction of sp³-hybridized carbons (Fsp3) is 0.625. The van der Waals surface area contributed by atoms with E-state index in [1.54, 1.807) is 7.11 Å². The van der Waals surface area contributed by atoms with E-state index in [1.807, 2.05) is 12.1 Å². The average molecular weight is 262 g/mol. The molecular weight excluding hydrogens is 236 g/mol. The molecule has 0 amide bonds. The van der Waals surface area contributed by atoms with Gasteiger partial charge < -0.3 is 15.4 Å². The van der Waals surface area contributed by atoms with E-state index in [2.05, 4.69) is 18.0 Å². The monoisotopic (exact) mass is 262 g/mol. The second-order valence-electron chi connectivity index (χ2n) is 5.77. The SMILES string of the molecule is COc1ccc(CN(C)CC2CCCCC2)c(N)c1. The van der Waals surface area contributed by atoms with Crippen LogP contribution in [0.3, 0.4) is 0 Å². The molecule has 0 radical (unpaired) electrons. The van der Waals surface area contributed by atoms with Crippen molar-refractivity contribution in [1.82, 2.24) is 4.90 Å². The highest BCUT2D eigenvalue weighted by atomic mass is 16.5. The van der Waals surface area contributed by atoms with Crippen molar-refractivity contribution in [2.75, 3.05) is 26.4 Å². The lowest BCUT2D eigenvalue weighted by molar-refractivity contribution is 0.228. The van der Waals surface area contributed by atoms with Gasteiger partial charge in [-0.1, -0.05) is 25.3 Å². The van der Waals surface area contributed by atoms with Gasteiger partial charge in [-0.3, -0.25) is 0 Å². The Bertz CT molecular complexity index is 400. The minimum Gasteiger partial charge on any atom is -0.497 e. The normalized spacial score (nSPS) is 16.8. The van der Waals surface area contributed by atoms with Crippen LogP contribution in [0.2, 0.25) is 0 Å². The first-order valence-corrected chi connectivity index (χ1v) is 7.30. The molecule has 0 atom stereocenters. The molecule has 3 heteroatoms. The maximum Gasteiger partial charge on any atom is 0.120 e. The van der Waals surface area contributed by atoms with Crippen molar-refractivity contribution in [2.24, 2.45) is 5.92 Å². The summed E-state index contributed by atoms with van der Waals surface area (Å²) in [5.74, 6) is 1.70. The van der Waals surface area contributed by atoms with E-state index in [4.69, 9.17) is 10.5 Å². The minimum absolute atomic E-state index is 0.829. The van der Waals surface area contributed by atoms with Gasteiger partial charge in [0.1, 0.15) is 5.75 Å². The summed E-state index contributed by atoms with van der Waals surface area (Å²) >= 11 is 0. The Morgan fingerprint density at radius 3 is 2.63 bits per heavy atom. The molecular formula is C16H26N2O. The van der Waals surface area contributed by atoms with Gasteiger partial charge in [-0.2, -0.15) is 0 Å². The van der Waals surface area contributed by atoms with Gasteiger partial charge in [0.05, 0.1) is 7.11 Å². The van der Waals surface area contributed by atoms with Crippen LogP contribution in [0.1, 0.15) is 37.7 Å². The number of hydrogen-bond acceptors (Lipinski definition) is 3. The third-order valence-electron chi connectivity index (χ3n) is 4.09. The zero-order valence-corrected chi connectivity index (χ0v) is 12.2. The van der Waals surface area contributed by atoms with Gasteiger partial charge >= 0.3 is 0 Å². The number of ether oxygens (including phenoxy) is 1. The van der Waals surface area contributed by atoms with Crippen molar-refractivity contribution < 1.29 is 4.74 Å². The Hall–Kier alpha value is -1.22. The van der Waals surface area contributed by atoms with E-state index in [-0.39, 0.29) is 0 Å². The van der Waals surface area contributed by atoms with Crippen molar-refractivity contribution in [3.63, 3.8) is 0 Å². The van der Waals surface area contributed by atoms with Crippen molar-refractivity contribution in [1.29, 1.82) is 0 Å². The molecule has 1 aliphatic carbocycles. The van der Waals surface area contributed by atoms with Crippen LogP contribution in [-0.4, -0.2) is 25.6 Å². The second-order valence-corrected chi connectivity index (χ2v) is 5.77. The first-order chi connectivity index (χ1) is 9.19. The largest absolute Gasteiger partial charge is 0.497 e. The number of rotatable bonds is 5. The predicted molar refractivity (Wildman–Crippen MR) is 80.3 cm³/mol. The van der Waals surface area contributed by atoms with Crippen molar-refractivity contribution in [3.8, 4) is 5.75 Å². The van der Waals surface area contributed by atoms with E-state index in [9.17, 15) is 0 Å². The molecule has 3 nitrogen and oxygen atoms in total. The molecule has 0 aliphatic heterocycles. The molecule has 1 fully saturated rings. The van der Waals surface area contributed by atoms with Gasteiger partial charge in [0.25, 0.3) is 0 Å². The molecule has 0 bridgehead atoms. The molecule has 0 aromatic heterocycles. The molecule has 0 spiro atoms. The van der Waals surface area contributed by atoms with Crippen LogP contribution in [0.15, 0.2) is 18.2 Å². The topological polar surface area (TPSA) is 38.5 Å². The Morgan fingerprint density at radius 2 is 2.00 bits per heavy atom. The summed E-state index contributed by atoms with van der Waals surface area (Å²) in [6, 6.07) is 5.97. The molecule has 1 aromatic carbocycles. The Kier molecular flexibility index (Phi) is 5.08. The molecule has 1 saturated carbocycles. The summed E-state index contributed by atoms with van der Waals surface area (Å²) < 4.78 is 5.18. The molecule has 0 unspecified atom stereocenters. The van der Waals surface area contributed by atoms with Gasteiger partial charge in [0.2, 0.25) is 0 Å². The first-order valence-electron chi connectivity index (χ1n) is 7.30. The fourth-order valence-corrected chi connectivity index (χ4v) is 3.01. The molecule has 0 heterocycles. The number of methoxy groups -OCH3 is 1. The first kappa shape index (κ1) is 14.2. The second kappa shape index (κ2) is 6.80. The molecule has 0 saturated heterocycles. The zero-order chi connectivity index (χ0) is 13.7. The van der Waals surface area contributed by atoms with Crippen LogP contribution in [0, 0.1) is 5.92 Å². The van der Waals surface area contributed by atoms with Gasteiger partial charge in [-0.15, -0.1) is 0 Å². The van der Waals surface area contributed by atoms with Crippen molar-refractivity contribution in [2.45, 2.75) is 38.6 Å². The lowest BCUT2D eigenvalue weighted by Crippen LogP contribution is -2.27. The number of nitrogens with two attached hydrogens (primary N) is 1. The van der Waals surface area contributed by atoms with Crippen LogP contribution >= 0.6 is 0 Å². The number of anilines is 1. The molecule has 2 rings (SSSR count). The van der Waals surface area contributed by atoms with Crippen LogP contribution < -0.4 is 10.5 Å². The van der Waals surface area contributed by atoms with Crippen molar-refractivity contribution >= 4 is 5.69 Å². The maximum absolute atomic E-state index is 6.07. The molecule has 19 heavy (non-hydrogen) atoms. The van der Waals surface area contributed by atoms with Crippen LogP contribution in [0.5, 0.6) is 5.75 Å². The van der Waals surface area contributed by atoms with Gasteiger partial charge in [-0.25, -0.2) is 0 Å². The predicted octanol–water partition coefficient (Wildman–Crippen LogP) is 3.29. The summed E-state index contributed by atoms with van der Waals surface area (Å²) in [4.78, 5) is 2.40. The number of benzene rings is 1. The van der Waals surface area contributed by atoms with Crippen LogP contribution in [-0.2, 0) is 6.54 Å². The van der Waals surface area contributed by atoms with E-state index < -0.39 is 0 Å². The number of nitrogen functional groups attached to an aromatic ring is 1. The molecule has 2 N–H and O–H groups in total. The zero-order valence-electron chi connectivity index (χ0n) is 12.2. The standard InChI is InChI=1S/C16H26N2O/c1-18(11-13-6-4-3-5-7-13)12-14-8-9-15(19-2)10-16(14)17/h8-10,13H,3-7,11-12,17H2,1-2H3. The minimum atomic E-state index is 0.829. The fourth-order valence-electron chi connectivity index (χ4n) is 3.01. The number of nitrogens with zero attached hydrogens (tertiary/aromatic N) is 1. The quantitative estimate of drug-likeness (QED) is 0.828. The molecule has 106 valence electrons. The Labute approximate surface area is 116 Å². The summed E-state index contributed by atoms with van der Waals surface area (Å²) in [5, 5.41) is 0. The Morgan fingerprint density at radius 1 is 1.26 bits per heavy atom. The third kappa shape index (κ3) is 4.13. The van der Waals surface area contributed by atoms with E-state index in [0.29, 0.717) is 0 Å². The van der Waals surface area contributed by atoms with E-state index >= 15 is 0 Å². The maximum atomic E-state index is 6.07. The van der Waals surface area contributed by atoms with E-state index in [1.165, 1.54) is 44.2 Å². The van der Waals surface area contributed by atoms with E-state index in [0.717, 1.165) is 23.9 Å². The smallest absolute Gasteiger partial charge is 0.120 e. The summed E-state index contributed by atoms with van der Waals surface area (Å²) in [6.07, 6.45) is 7.02. The molecule has 1 aliphatic rings. The number of hydrogen-bond donors (Lipinski definition) is 1. The van der Waals surface area contributed by atoms with Crippen molar-refractivity contribution in [3.05, 3.63) is 23.8 Å². The summed E-state index contributed by atoms with van der Waals surface area (Å²) in [7, 11) is 3.86. The van der Waals surface area contributed by atoms with Gasteiger partial charge in [0, 0.05) is 24.8 Å². The molecule has 1 aromatic rings. The lowest BCUT2D eigenvalue weighted by Gasteiger charge is -2.27. The Balaban J connectivity index is 1.88. The van der Waals surface area contributed by atoms with Crippen LogP contribution in [0.4, 0.5) is 5.69 Å². The highest BCUT2D eigenvalue weighted by molar-refractivity contribution is 5.51. The summed E-state index contributed by atoms with van der Waals surface area (Å²) in [5.41, 5.74) is 8.09. The van der Waals surface area contributed by atoms with Crippen LogP contribution in [0.25, 0.3) is 0 Å². The highest BCUT2D eigenvalue weighted by Gasteiger charge is 2.15. The lowest BCUT2D eigenvalue weighted by atomic mass is 9.89. The average Bonchev–Trinajstić information content (AvgIpc) is 2.42. The summed E-state index contributed by atoms with van der Waals surface area (Å²) in [6.45, 7) is 2.11. The highest BCUT2D eigenvalue weighted by Crippen LogP contribution is 2.25. The van der Waals surface area contributed by atoms with Gasteiger partial charge in [0.15, 0.2) is 0 Å².